The summed E-state index contributed by atoms with van der Waals surface area (Å²) in [6.45, 7) is 8.61. The summed E-state index contributed by atoms with van der Waals surface area (Å²) in [6, 6.07) is 21.5. The fourth-order valence-electron chi connectivity index (χ4n) is 4.12. The molecule has 2 aromatic carbocycles. The van der Waals surface area contributed by atoms with Gasteiger partial charge in [0.15, 0.2) is 0 Å². The average Bonchev–Trinajstić information content (AvgIpc) is 3.08. The van der Waals surface area contributed by atoms with Gasteiger partial charge < -0.3 is 0 Å². The highest BCUT2D eigenvalue weighted by Gasteiger charge is 2.43. The molecular weight excluding hydrogens is 264 g/mol. The Morgan fingerprint density at radius 1 is 0.682 bits per heavy atom. The Labute approximate surface area is 132 Å². The van der Waals surface area contributed by atoms with E-state index in [4.69, 9.17) is 0 Å². The largest absolute Gasteiger partial charge is 0.0949 e. The zero-order valence-corrected chi connectivity index (χ0v) is 12.8. The number of rotatable bonds is 2. The first-order chi connectivity index (χ1) is 10.8. The molecule has 2 bridgehead atoms. The molecule has 0 aromatic heterocycles. The SMILES string of the molecule is C=C1C(=C)C2CCC1C2=C(c1ccccc1)c1ccccc1. The number of hydrogen-bond acceptors (Lipinski definition) is 0. The summed E-state index contributed by atoms with van der Waals surface area (Å²) < 4.78 is 0. The van der Waals surface area contributed by atoms with Gasteiger partial charge in [0.25, 0.3) is 0 Å². The molecule has 0 radical (unpaired) electrons. The molecule has 0 N–H and O–H groups in total. The number of fused-ring (bicyclic) bond motifs is 2. The molecule has 0 spiro atoms. The van der Waals surface area contributed by atoms with Crippen LogP contribution in [0.25, 0.3) is 5.57 Å². The summed E-state index contributed by atoms with van der Waals surface area (Å²) in [5.41, 5.74) is 8.08. The van der Waals surface area contributed by atoms with E-state index >= 15 is 0 Å². The first-order valence-electron chi connectivity index (χ1n) is 8.00. The lowest BCUT2D eigenvalue weighted by Crippen LogP contribution is -1.99. The van der Waals surface area contributed by atoms with E-state index < -0.39 is 0 Å². The molecule has 2 unspecified atom stereocenters. The Balaban J connectivity index is 1.99. The van der Waals surface area contributed by atoms with Gasteiger partial charge >= 0.3 is 0 Å². The second kappa shape index (κ2) is 5.14. The van der Waals surface area contributed by atoms with Gasteiger partial charge in [-0.25, -0.2) is 0 Å². The lowest BCUT2D eigenvalue weighted by Gasteiger charge is -2.16. The predicted octanol–water partition coefficient (Wildman–Crippen LogP) is 5.64. The lowest BCUT2D eigenvalue weighted by molar-refractivity contribution is 0.658. The number of benzene rings is 2. The molecule has 0 heterocycles. The van der Waals surface area contributed by atoms with Crippen molar-refractivity contribution in [3.05, 3.63) is 102 Å². The molecule has 2 aliphatic carbocycles. The van der Waals surface area contributed by atoms with Gasteiger partial charge in [0.2, 0.25) is 0 Å². The Kier molecular flexibility index (Phi) is 3.11. The molecule has 2 aromatic rings. The zero-order valence-electron chi connectivity index (χ0n) is 12.8. The topological polar surface area (TPSA) is 0 Å². The van der Waals surface area contributed by atoms with Crippen molar-refractivity contribution in [2.75, 3.05) is 0 Å². The van der Waals surface area contributed by atoms with Crippen LogP contribution in [-0.4, -0.2) is 0 Å². The van der Waals surface area contributed by atoms with E-state index in [1.165, 1.54) is 40.7 Å². The Morgan fingerprint density at radius 3 is 1.50 bits per heavy atom. The minimum absolute atomic E-state index is 0.493. The highest BCUT2D eigenvalue weighted by atomic mass is 14.5. The van der Waals surface area contributed by atoms with Crippen LogP contribution in [0.1, 0.15) is 24.0 Å². The summed E-state index contributed by atoms with van der Waals surface area (Å²) in [5.74, 6) is 0.987. The van der Waals surface area contributed by atoms with Crippen molar-refractivity contribution >= 4 is 5.57 Å². The van der Waals surface area contributed by atoms with E-state index in [2.05, 4.69) is 73.8 Å². The molecule has 0 nitrogen and oxygen atoms in total. The third kappa shape index (κ3) is 1.91. The third-order valence-electron chi connectivity index (χ3n) is 5.16. The van der Waals surface area contributed by atoms with Crippen LogP contribution < -0.4 is 0 Å². The monoisotopic (exact) mass is 284 g/mol. The molecule has 2 aliphatic rings. The van der Waals surface area contributed by atoms with E-state index in [0.717, 1.165) is 0 Å². The maximum Gasteiger partial charge on any atom is 0.00609 e. The van der Waals surface area contributed by atoms with Crippen molar-refractivity contribution in [1.29, 1.82) is 0 Å². The minimum Gasteiger partial charge on any atom is -0.0949 e. The van der Waals surface area contributed by atoms with Crippen molar-refractivity contribution in [3.8, 4) is 0 Å². The van der Waals surface area contributed by atoms with E-state index in [1.807, 2.05) is 0 Å². The van der Waals surface area contributed by atoms with Crippen molar-refractivity contribution < 1.29 is 0 Å². The average molecular weight is 284 g/mol. The van der Waals surface area contributed by atoms with Crippen LogP contribution in [0.5, 0.6) is 0 Å². The van der Waals surface area contributed by atoms with Gasteiger partial charge in [-0.15, -0.1) is 0 Å². The second-order valence-corrected chi connectivity index (χ2v) is 6.30. The van der Waals surface area contributed by atoms with Gasteiger partial charge in [0, 0.05) is 11.8 Å². The van der Waals surface area contributed by atoms with Gasteiger partial charge in [0.05, 0.1) is 0 Å². The first kappa shape index (κ1) is 13.3. The molecule has 108 valence electrons. The van der Waals surface area contributed by atoms with E-state index in [-0.39, 0.29) is 0 Å². The van der Waals surface area contributed by atoms with Crippen molar-refractivity contribution in [2.24, 2.45) is 11.8 Å². The molecule has 0 saturated heterocycles. The fourth-order valence-corrected chi connectivity index (χ4v) is 4.12. The smallest absolute Gasteiger partial charge is 0.00609 e. The summed E-state index contributed by atoms with van der Waals surface area (Å²) in [4.78, 5) is 0. The first-order valence-corrected chi connectivity index (χ1v) is 8.00. The molecule has 2 saturated carbocycles. The lowest BCUT2D eigenvalue weighted by atomic mass is 9.88. The van der Waals surface area contributed by atoms with Crippen LogP contribution in [0.15, 0.2) is 90.5 Å². The summed E-state index contributed by atoms with van der Waals surface area (Å²) in [5, 5.41) is 0. The highest BCUT2D eigenvalue weighted by Crippen LogP contribution is 2.57. The quantitative estimate of drug-likeness (QED) is 0.669. The normalized spacial score (nSPS) is 23.2. The summed E-state index contributed by atoms with van der Waals surface area (Å²) in [7, 11) is 0. The van der Waals surface area contributed by atoms with Crippen LogP contribution in [0.3, 0.4) is 0 Å². The van der Waals surface area contributed by atoms with Crippen molar-refractivity contribution in [3.63, 3.8) is 0 Å². The van der Waals surface area contributed by atoms with Crippen LogP contribution in [0, 0.1) is 11.8 Å². The molecule has 0 heteroatoms. The van der Waals surface area contributed by atoms with Gasteiger partial charge in [0.1, 0.15) is 0 Å². The third-order valence-corrected chi connectivity index (χ3v) is 5.16. The van der Waals surface area contributed by atoms with E-state index in [0.29, 0.717) is 11.8 Å². The maximum atomic E-state index is 4.30. The highest BCUT2D eigenvalue weighted by molar-refractivity contribution is 5.85. The van der Waals surface area contributed by atoms with Gasteiger partial charge in [-0.05, 0) is 46.3 Å². The van der Waals surface area contributed by atoms with E-state index in [1.54, 1.807) is 5.57 Å². The molecule has 4 rings (SSSR count). The number of hydrogen-bond donors (Lipinski definition) is 0. The maximum absolute atomic E-state index is 4.30. The van der Waals surface area contributed by atoms with Crippen LogP contribution in [-0.2, 0) is 0 Å². The second-order valence-electron chi connectivity index (χ2n) is 6.30. The molecule has 2 fully saturated rings. The zero-order chi connectivity index (χ0) is 15.1. The van der Waals surface area contributed by atoms with Crippen molar-refractivity contribution in [1.82, 2.24) is 0 Å². The van der Waals surface area contributed by atoms with Gasteiger partial charge in [-0.3, -0.25) is 0 Å². The molecule has 22 heavy (non-hydrogen) atoms. The standard InChI is InChI=1S/C22H20/c1-15-16(2)20-14-13-19(15)22(20)21(17-9-5-3-6-10-17)18-11-7-4-8-12-18/h3-12,19-20H,1-2,13-14H2. The van der Waals surface area contributed by atoms with Crippen LogP contribution in [0.2, 0.25) is 0 Å². The Morgan fingerprint density at radius 2 is 1.09 bits per heavy atom. The molecular formula is C22H20. The molecule has 0 amide bonds. The molecule has 0 aliphatic heterocycles. The number of allylic oxidation sites excluding steroid dienone is 3. The van der Waals surface area contributed by atoms with Gasteiger partial charge in [-0.1, -0.05) is 73.8 Å². The van der Waals surface area contributed by atoms with Crippen molar-refractivity contribution in [2.45, 2.75) is 12.8 Å². The van der Waals surface area contributed by atoms with E-state index in [9.17, 15) is 0 Å². The van der Waals surface area contributed by atoms with Crippen LogP contribution >= 0.6 is 0 Å². The van der Waals surface area contributed by atoms with Crippen LogP contribution in [0.4, 0.5) is 0 Å². The minimum atomic E-state index is 0.493. The Hall–Kier alpha value is -2.34. The Bertz CT molecular complexity index is 697. The van der Waals surface area contributed by atoms with Gasteiger partial charge in [-0.2, -0.15) is 0 Å². The summed E-state index contributed by atoms with van der Waals surface area (Å²) >= 11 is 0. The fraction of sp³-hybridized carbons (Fsp3) is 0.182. The molecule has 2 atom stereocenters. The summed E-state index contributed by atoms with van der Waals surface area (Å²) in [6.07, 6.45) is 2.45. The predicted molar refractivity (Wildman–Crippen MR) is 93.4 cm³/mol.